The van der Waals surface area contributed by atoms with Crippen LogP contribution in [0.25, 0.3) is 0 Å². The molecule has 0 aromatic heterocycles. The minimum atomic E-state index is -3.95. The zero-order valence-electron chi connectivity index (χ0n) is 18.8. The summed E-state index contributed by atoms with van der Waals surface area (Å²) in [5.74, 6) is 0.0822. The first kappa shape index (κ1) is 24.6. The van der Waals surface area contributed by atoms with Gasteiger partial charge in [-0.3, -0.25) is 9.10 Å². The number of carbonyl (C=O) groups is 1. The number of para-hydroxylation sites is 1. The number of ether oxygens (including phenoxy) is 1. The molecular weight excluding hydrogens is 460 g/mol. The summed E-state index contributed by atoms with van der Waals surface area (Å²) in [6.07, 6.45) is 0. The van der Waals surface area contributed by atoms with Crippen molar-refractivity contribution in [1.29, 1.82) is 0 Å². The van der Waals surface area contributed by atoms with Gasteiger partial charge in [0.1, 0.15) is 18.9 Å². The van der Waals surface area contributed by atoms with Crippen LogP contribution in [0.15, 0.2) is 71.6 Å². The number of amides is 1. The summed E-state index contributed by atoms with van der Waals surface area (Å²) < 4.78 is 33.6. The van der Waals surface area contributed by atoms with Crippen LogP contribution in [-0.4, -0.2) is 34.0 Å². The first-order valence-electron chi connectivity index (χ1n) is 10.5. The molecule has 174 valence electrons. The number of sulfonamides is 1. The van der Waals surface area contributed by atoms with Gasteiger partial charge in [-0.05, 0) is 68.3 Å². The number of hydrogen-bond donors (Lipinski definition) is 1. The van der Waals surface area contributed by atoms with E-state index in [0.717, 1.165) is 21.0 Å². The van der Waals surface area contributed by atoms with Crippen LogP contribution >= 0.6 is 11.6 Å². The molecule has 0 fully saturated rings. The van der Waals surface area contributed by atoms with Crippen LogP contribution in [0.3, 0.4) is 0 Å². The van der Waals surface area contributed by atoms with E-state index in [-0.39, 0.29) is 24.6 Å². The Kier molecular flexibility index (Phi) is 8.00. The number of hydrogen-bond acceptors (Lipinski definition) is 4. The second-order valence-corrected chi connectivity index (χ2v) is 9.99. The second-order valence-electron chi connectivity index (χ2n) is 7.72. The van der Waals surface area contributed by atoms with E-state index in [2.05, 4.69) is 5.32 Å². The van der Waals surface area contributed by atoms with Gasteiger partial charge in [0.25, 0.3) is 10.0 Å². The molecule has 1 N–H and O–H groups in total. The summed E-state index contributed by atoms with van der Waals surface area (Å²) in [6.45, 7) is 5.78. The normalized spacial score (nSPS) is 11.2. The number of halogens is 1. The molecule has 3 rings (SSSR count). The lowest BCUT2D eigenvalue weighted by Gasteiger charge is -2.25. The molecule has 0 aliphatic carbocycles. The molecule has 6 nitrogen and oxygen atoms in total. The number of nitrogens with zero attached hydrogens (tertiary/aromatic N) is 1. The minimum Gasteiger partial charge on any atom is -0.490 e. The summed E-state index contributed by atoms with van der Waals surface area (Å²) in [5, 5.41) is 3.20. The van der Waals surface area contributed by atoms with Crippen molar-refractivity contribution in [3.05, 3.63) is 88.4 Å². The molecule has 8 heteroatoms. The van der Waals surface area contributed by atoms with Gasteiger partial charge in [-0.2, -0.15) is 0 Å². The summed E-state index contributed by atoms with van der Waals surface area (Å²) in [4.78, 5) is 12.8. The van der Waals surface area contributed by atoms with Crippen molar-refractivity contribution in [2.75, 3.05) is 24.0 Å². The van der Waals surface area contributed by atoms with Crippen molar-refractivity contribution < 1.29 is 17.9 Å². The highest BCUT2D eigenvalue weighted by Gasteiger charge is 2.27. The lowest BCUT2D eigenvalue weighted by Crippen LogP contribution is -2.42. The lowest BCUT2D eigenvalue weighted by molar-refractivity contribution is -0.119. The van der Waals surface area contributed by atoms with Crippen molar-refractivity contribution in [2.45, 2.75) is 25.7 Å². The molecule has 0 radical (unpaired) electrons. The number of benzene rings is 3. The molecule has 0 heterocycles. The molecule has 3 aromatic carbocycles. The smallest absolute Gasteiger partial charge is 0.264 e. The third kappa shape index (κ3) is 6.27. The fourth-order valence-corrected chi connectivity index (χ4v) is 4.74. The van der Waals surface area contributed by atoms with E-state index < -0.39 is 15.9 Å². The Morgan fingerprint density at radius 1 is 0.970 bits per heavy atom. The Bertz CT molecular complexity index is 1230. The van der Waals surface area contributed by atoms with E-state index in [1.165, 1.54) is 0 Å². The van der Waals surface area contributed by atoms with Crippen molar-refractivity contribution in [1.82, 2.24) is 5.32 Å². The Hall–Kier alpha value is -3.03. The molecule has 0 unspecified atom stereocenters. The van der Waals surface area contributed by atoms with Crippen LogP contribution in [0.2, 0.25) is 5.02 Å². The van der Waals surface area contributed by atoms with E-state index in [1.807, 2.05) is 26.8 Å². The first-order valence-corrected chi connectivity index (χ1v) is 12.3. The highest BCUT2D eigenvalue weighted by atomic mass is 35.5. The highest BCUT2D eigenvalue weighted by molar-refractivity contribution is 7.92. The Balaban J connectivity index is 1.75. The van der Waals surface area contributed by atoms with Crippen molar-refractivity contribution in [2.24, 2.45) is 0 Å². The maximum atomic E-state index is 13.4. The predicted octanol–water partition coefficient (Wildman–Crippen LogP) is 4.66. The molecule has 0 atom stereocenters. The molecule has 0 spiro atoms. The maximum Gasteiger partial charge on any atom is 0.264 e. The summed E-state index contributed by atoms with van der Waals surface area (Å²) in [5.41, 5.74) is 3.35. The number of rotatable bonds is 9. The number of nitrogens with one attached hydrogen (secondary N) is 1. The largest absolute Gasteiger partial charge is 0.490 e. The second kappa shape index (κ2) is 10.7. The monoisotopic (exact) mass is 486 g/mol. The van der Waals surface area contributed by atoms with Crippen LogP contribution < -0.4 is 14.4 Å². The molecule has 1 amide bonds. The Morgan fingerprint density at radius 3 is 2.33 bits per heavy atom. The lowest BCUT2D eigenvalue weighted by atomic mass is 10.1. The fourth-order valence-electron chi connectivity index (χ4n) is 3.13. The molecule has 3 aromatic rings. The van der Waals surface area contributed by atoms with E-state index in [9.17, 15) is 13.2 Å². The van der Waals surface area contributed by atoms with Crippen molar-refractivity contribution in [3.8, 4) is 5.75 Å². The van der Waals surface area contributed by atoms with Gasteiger partial charge in [0.2, 0.25) is 5.91 Å². The standard InChI is InChI=1S/C25H27ClN2O4S/c1-18-8-12-22(13-9-18)33(30,31)28(21-11-10-19(2)20(3)16-21)17-25(29)27-14-15-32-24-7-5-4-6-23(24)26/h4-13,16H,14-15,17H2,1-3H3,(H,27,29). The van der Waals surface area contributed by atoms with Crippen LogP contribution in [0.4, 0.5) is 5.69 Å². The number of aryl methyl sites for hydroxylation is 3. The van der Waals surface area contributed by atoms with Gasteiger partial charge in [0, 0.05) is 0 Å². The quantitative estimate of drug-likeness (QED) is 0.446. The van der Waals surface area contributed by atoms with Gasteiger partial charge >= 0.3 is 0 Å². The van der Waals surface area contributed by atoms with Gasteiger partial charge in [0.05, 0.1) is 22.2 Å². The molecule has 33 heavy (non-hydrogen) atoms. The Labute approximate surface area is 200 Å². The van der Waals surface area contributed by atoms with Crippen molar-refractivity contribution >= 4 is 33.2 Å². The summed E-state index contributed by atoms with van der Waals surface area (Å²) in [6, 6.07) is 18.9. The van der Waals surface area contributed by atoms with E-state index in [1.54, 1.807) is 60.7 Å². The molecule has 0 aliphatic heterocycles. The van der Waals surface area contributed by atoms with Gasteiger partial charge in [-0.15, -0.1) is 0 Å². The zero-order chi connectivity index (χ0) is 24.0. The van der Waals surface area contributed by atoms with E-state index in [0.29, 0.717) is 16.5 Å². The summed E-state index contributed by atoms with van der Waals surface area (Å²) >= 11 is 6.06. The van der Waals surface area contributed by atoms with Gasteiger partial charge in [-0.1, -0.05) is 47.5 Å². The predicted molar refractivity (Wildman–Crippen MR) is 132 cm³/mol. The molecule has 0 aliphatic rings. The van der Waals surface area contributed by atoms with Crippen LogP contribution in [0.1, 0.15) is 16.7 Å². The van der Waals surface area contributed by atoms with Crippen LogP contribution in [0, 0.1) is 20.8 Å². The third-order valence-electron chi connectivity index (χ3n) is 5.19. The van der Waals surface area contributed by atoms with Gasteiger partial charge in [-0.25, -0.2) is 8.42 Å². The van der Waals surface area contributed by atoms with Gasteiger partial charge < -0.3 is 10.1 Å². The molecule has 0 saturated heterocycles. The highest BCUT2D eigenvalue weighted by Crippen LogP contribution is 2.26. The van der Waals surface area contributed by atoms with Gasteiger partial charge in [0.15, 0.2) is 0 Å². The number of anilines is 1. The van der Waals surface area contributed by atoms with E-state index >= 15 is 0 Å². The SMILES string of the molecule is Cc1ccc(S(=O)(=O)N(CC(=O)NCCOc2ccccc2Cl)c2ccc(C)c(C)c2)cc1. The Morgan fingerprint density at radius 2 is 1.67 bits per heavy atom. The third-order valence-corrected chi connectivity index (χ3v) is 7.29. The van der Waals surface area contributed by atoms with E-state index in [4.69, 9.17) is 16.3 Å². The molecular formula is C25H27ClN2O4S. The van der Waals surface area contributed by atoms with Crippen LogP contribution in [0.5, 0.6) is 5.75 Å². The zero-order valence-corrected chi connectivity index (χ0v) is 20.4. The maximum absolute atomic E-state index is 13.4. The topological polar surface area (TPSA) is 75.7 Å². The molecule has 0 saturated carbocycles. The van der Waals surface area contributed by atoms with Crippen LogP contribution in [-0.2, 0) is 14.8 Å². The van der Waals surface area contributed by atoms with Crippen molar-refractivity contribution in [3.63, 3.8) is 0 Å². The fraction of sp³-hybridized carbons (Fsp3) is 0.240. The number of carbonyl (C=O) groups excluding carboxylic acids is 1. The molecule has 0 bridgehead atoms. The summed E-state index contributed by atoms with van der Waals surface area (Å²) in [7, 11) is -3.95. The average molecular weight is 487 g/mol. The average Bonchev–Trinajstić information content (AvgIpc) is 2.78. The first-order chi connectivity index (χ1) is 15.7. The minimum absolute atomic E-state index is 0.126.